The van der Waals surface area contributed by atoms with Crippen LogP contribution >= 0.6 is 0 Å². The van der Waals surface area contributed by atoms with E-state index in [1.54, 1.807) is 0 Å². The first-order valence-electron chi connectivity index (χ1n) is 6.01. The minimum Gasteiger partial charge on any atom is -0.343 e. The standard InChI is InChI=1S/C11H17N3O3/c15-9-7-8(11(17)13-9)12-4-3-10(16)14-5-1-2-6-14/h8,12H,1-7H2,(H,13,15,17). The number of carbonyl (C=O) groups excluding carboxylic acids is 3. The highest BCUT2D eigenvalue weighted by atomic mass is 16.2. The maximum absolute atomic E-state index is 11.7. The number of nitrogens with one attached hydrogen (secondary N) is 2. The van der Waals surface area contributed by atoms with E-state index in [-0.39, 0.29) is 24.1 Å². The molecule has 3 amide bonds. The molecule has 0 saturated carbocycles. The van der Waals surface area contributed by atoms with E-state index in [4.69, 9.17) is 0 Å². The van der Waals surface area contributed by atoms with Gasteiger partial charge >= 0.3 is 0 Å². The summed E-state index contributed by atoms with van der Waals surface area (Å²) < 4.78 is 0. The van der Waals surface area contributed by atoms with Crippen molar-refractivity contribution in [3.05, 3.63) is 0 Å². The number of likely N-dealkylation sites (tertiary alicyclic amines) is 1. The number of nitrogens with zero attached hydrogens (tertiary/aromatic N) is 1. The van der Waals surface area contributed by atoms with E-state index < -0.39 is 6.04 Å². The highest BCUT2D eigenvalue weighted by molar-refractivity contribution is 6.05. The van der Waals surface area contributed by atoms with Gasteiger partial charge in [0.2, 0.25) is 17.7 Å². The van der Waals surface area contributed by atoms with Gasteiger partial charge in [-0.2, -0.15) is 0 Å². The van der Waals surface area contributed by atoms with Gasteiger partial charge in [0.15, 0.2) is 0 Å². The van der Waals surface area contributed by atoms with E-state index in [0.29, 0.717) is 13.0 Å². The van der Waals surface area contributed by atoms with E-state index in [1.807, 2.05) is 4.90 Å². The van der Waals surface area contributed by atoms with Crippen molar-refractivity contribution < 1.29 is 14.4 Å². The van der Waals surface area contributed by atoms with Gasteiger partial charge in [0.1, 0.15) is 0 Å². The van der Waals surface area contributed by atoms with Gasteiger partial charge in [-0.15, -0.1) is 0 Å². The summed E-state index contributed by atoms with van der Waals surface area (Å²) in [5.74, 6) is -0.415. The zero-order valence-corrected chi connectivity index (χ0v) is 9.70. The number of hydrogen-bond acceptors (Lipinski definition) is 4. The Bertz CT molecular complexity index is 337. The van der Waals surface area contributed by atoms with E-state index in [2.05, 4.69) is 10.6 Å². The van der Waals surface area contributed by atoms with Crippen LogP contribution in [0.5, 0.6) is 0 Å². The fourth-order valence-corrected chi connectivity index (χ4v) is 2.20. The summed E-state index contributed by atoms with van der Waals surface area (Å²) in [6.07, 6.45) is 2.73. The molecule has 2 heterocycles. The molecule has 17 heavy (non-hydrogen) atoms. The van der Waals surface area contributed by atoms with Crippen LogP contribution in [0.15, 0.2) is 0 Å². The van der Waals surface area contributed by atoms with Crippen LogP contribution in [0.2, 0.25) is 0 Å². The molecule has 2 fully saturated rings. The lowest BCUT2D eigenvalue weighted by Crippen LogP contribution is -2.38. The molecule has 94 valence electrons. The quantitative estimate of drug-likeness (QED) is 0.617. The number of carbonyl (C=O) groups is 3. The summed E-state index contributed by atoms with van der Waals surface area (Å²) in [4.78, 5) is 35.7. The van der Waals surface area contributed by atoms with Crippen molar-refractivity contribution in [2.75, 3.05) is 19.6 Å². The van der Waals surface area contributed by atoms with Gasteiger partial charge in [0, 0.05) is 26.1 Å². The third-order valence-corrected chi connectivity index (χ3v) is 3.16. The van der Waals surface area contributed by atoms with Crippen LogP contribution in [0.1, 0.15) is 25.7 Å². The highest BCUT2D eigenvalue weighted by Crippen LogP contribution is 2.08. The molecule has 6 heteroatoms. The van der Waals surface area contributed by atoms with Crippen molar-refractivity contribution in [3.8, 4) is 0 Å². The predicted molar refractivity (Wildman–Crippen MR) is 60.0 cm³/mol. The Morgan fingerprint density at radius 1 is 1.35 bits per heavy atom. The number of imide groups is 1. The van der Waals surface area contributed by atoms with Crippen LogP contribution in [0, 0.1) is 0 Å². The van der Waals surface area contributed by atoms with Gasteiger partial charge < -0.3 is 10.2 Å². The van der Waals surface area contributed by atoms with Crippen LogP contribution in [0.3, 0.4) is 0 Å². The van der Waals surface area contributed by atoms with Crippen molar-refractivity contribution >= 4 is 17.7 Å². The molecule has 0 aromatic carbocycles. The lowest BCUT2D eigenvalue weighted by Gasteiger charge is -2.15. The van der Waals surface area contributed by atoms with Crippen molar-refractivity contribution in [2.45, 2.75) is 31.7 Å². The fourth-order valence-electron chi connectivity index (χ4n) is 2.20. The maximum Gasteiger partial charge on any atom is 0.244 e. The molecule has 0 aromatic rings. The van der Waals surface area contributed by atoms with E-state index in [1.165, 1.54) is 0 Å². The largest absolute Gasteiger partial charge is 0.343 e. The van der Waals surface area contributed by atoms with Gasteiger partial charge in [-0.05, 0) is 12.8 Å². The zero-order chi connectivity index (χ0) is 12.3. The fraction of sp³-hybridized carbons (Fsp3) is 0.727. The lowest BCUT2D eigenvalue weighted by molar-refractivity contribution is -0.130. The summed E-state index contributed by atoms with van der Waals surface area (Å²) >= 11 is 0. The smallest absolute Gasteiger partial charge is 0.244 e. The van der Waals surface area contributed by atoms with Gasteiger partial charge in [0.25, 0.3) is 0 Å². The zero-order valence-electron chi connectivity index (χ0n) is 9.70. The Morgan fingerprint density at radius 3 is 2.65 bits per heavy atom. The second kappa shape index (κ2) is 5.27. The Balaban J connectivity index is 1.67. The van der Waals surface area contributed by atoms with Crippen molar-refractivity contribution in [3.63, 3.8) is 0 Å². The van der Waals surface area contributed by atoms with Crippen LogP contribution in [0.25, 0.3) is 0 Å². The van der Waals surface area contributed by atoms with E-state index in [9.17, 15) is 14.4 Å². The predicted octanol–water partition coefficient (Wildman–Crippen LogP) is -0.996. The first kappa shape index (κ1) is 12.0. The van der Waals surface area contributed by atoms with Crippen molar-refractivity contribution in [1.29, 1.82) is 0 Å². The molecule has 0 aromatic heterocycles. The Labute approximate surface area is 99.7 Å². The molecule has 0 spiro atoms. The summed E-state index contributed by atoms with van der Waals surface area (Å²) in [7, 11) is 0. The summed E-state index contributed by atoms with van der Waals surface area (Å²) in [5.41, 5.74) is 0. The molecule has 1 unspecified atom stereocenters. The lowest BCUT2D eigenvalue weighted by atomic mass is 10.2. The molecule has 0 aliphatic carbocycles. The third-order valence-electron chi connectivity index (χ3n) is 3.16. The van der Waals surface area contributed by atoms with Gasteiger partial charge in [-0.1, -0.05) is 0 Å². The number of hydrogen-bond donors (Lipinski definition) is 2. The molecule has 0 bridgehead atoms. The van der Waals surface area contributed by atoms with Crippen LogP contribution in [-0.4, -0.2) is 48.3 Å². The van der Waals surface area contributed by atoms with E-state index in [0.717, 1.165) is 25.9 Å². The van der Waals surface area contributed by atoms with Crippen LogP contribution < -0.4 is 10.6 Å². The SMILES string of the molecule is O=C1CC(NCCC(=O)N2CCCC2)C(=O)N1. The summed E-state index contributed by atoms with van der Waals surface area (Å²) in [5, 5.41) is 5.16. The monoisotopic (exact) mass is 239 g/mol. The van der Waals surface area contributed by atoms with Gasteiger partial charge in [-0.3, -0.25) is 19.7 Å². The Morgan fingerprint density at radius 2 is 2.06 bits per heavy atom. The minimum absolute atomic E-state index is 0.125. The molecule has 2 N–H and O–H groups in total. The average molecular weight is 239 g/mol. The molecule has 2 aliphatic rings. The summed E-state index contributed by atoms with van der Waals surface area (Å²) in [6.45, 7) is 2.14. The molecule has 6 nitrogen and oxygen atoms in total. The molecular formula is C11H17N3O3. The molecule has 0 radical (unpaired) electrons. The molecular weight excluding hydrogens is 222 g/mol. The number of rotatable bonds is 4. The van der Waals surface area contributed by atoms with Crippen molar-refractivity contribution in [1.82, 2.24) is 15.5 Å². The van der Waals surface area contributed by atoms with Crippen molar-refractivity contribution in [2.24, 2.45) is 0 Å². The van der Waals surface area contributed by atoms with Crippen LogP contribution in [0.4, 0.5) is 0 Å². The normalized spacial score (nSPS) is 24.2. The van der Waals surface area contributed by atoms with E-state index >= 15 is 0 Å². The molecule has 2 rings (SSSR count). The molecule has 2 aliphatic heterocycles. The Hall–Kier alpha value is -1.43. The van der Waals surface area contributed by atoms with Gasteiger partial charge in [0.05, 0.1) is 12.5 Å². The average Bonchev–Trinajstić information content (AvgIpc) is 2.89. The second-order valence-electron chi connectivity index (χ2n) is 4.46. The summed E-state index contributed by atoms with van der Waals surface area (Å²) in [6, 6.07) is -0.464. The molecule has 1 atom stereocenters. The molecule has 2 saturated heterocycles. The third kappa shape index (κ3) is 3.03. The first-order valence-corrected chi connectivity index (χ1v) is 6.01. The van der Waals surface area contributed by atoms with Crippen LogP contribution in [-0.2, 0) is 14.4 Å². The minimum atomic E-state index is -0.464. The maximum atomic E-state index is 11.7. The van der Waals surface area contributed by atoms with Gasteiger partial charge in [-0.25, -0.2) is 0 Å². The highest BCUT2D eigenvalue weighted by Gasteiger charge is 2.30. The Kier molecular flexibility index (Phi) is 3.73. The topological polar surface area (TPSA) is 78.5 Å². The number of amides is 3. The first-order chi connectivity index (χ1) is 8.16. The second-order valence-corrected chi connectivity index (χ2v) is 4.46.